The average Bonchev–Trinajstić information content (AvgIpc) is 2.46. The molecular formula is C16H19BrN2O. The number of aromatic nitrogens is 1. The highest BCUT2D eigenvalue weighted by atomic mass is 79.9. The molecule has 0 saturated heterocycles. The lowest BCUT2D eigenvalue weighted by molar-refractivity contribution is 0.0954. The van der Waals surface area contributed by atoms with Gasteiger partial charge in [-0.1, -0.05) is 40.5 Å². The monoisotopic (exact) mass is 334 g/mol. The Labute approximate surface area is 127 Å². The molecule has 1 aromatic heterocycles. The quantitative estimate of drug-likeness (QED) is 0.644. The van der Waals surface area contributed by atoms with Crippen LogP contribution in [0.3, 0.4) is 0 Å². The van der Waals surface area contributed by atoms with Gasteiger partial charge < -0.3 is 5.32 Å². The Kier molecular flexibility index (Phi) is 5.53. The van der Waals surface area contributed by atoms with E-state index >= 15 is 0 Å². The van der Waals surface area contributed by atoms with Crippen molar-refractivity contribution >= 4 is 32.7 Å². The highest BCUT2D eigenvalue weighted by Gasteiger charge is 2.10. The summed E-state index contributed by atoms with van der Waals surface area (Å²) in [6.07, 6.45) is 3.29. The smallest absolute Gasteiger partial charge is 0.252 e. The van der Waals surface area contributed by atoms with Crippen LogP contribution in [0.15, 0.2) is 30.3 Å². The Balaban J connectivity index is 2.09. The number of nitrogens with one attached hydrogen (secondary N) is 1. The molecule has 2 aromatic rings. The molecule has 0 fully saturated rings. The number of hydrogen-bond acceptors (Lipinski definition) is 2. The molecule has 0 saturated carbocycles. The molecule has 1 amide bonds. The number of fused-ring (bicyclic) bond motifs is 1. The number of halogens is 1. The molecule has 0 aliphatic rings. The maximum atomic E-state index is 12.3. The van der Waals surface area contributed by atoms with Crippen molar-refractivity contribution in [3.05, 3.63) is 41.6 Å². The minimum absolute atomic E-state index is 0.00876. The Morgan fingerprint density at radius 2 is 2.05 bits per heavy atom. The molecule has 3 nitrogen and oxygen atoms in total. The first-order valence-electron chi connectivity index (χ1n) is 6.93. The largest absolute Gasteiger partial charge is 0.352 e. The standard InChI is InChI=1S/C16H19BrN2O/c1-12-11-14(13-7-3-4-8-15(13)19-12)16(20)18-10-6-2-5-9-17/h3-4,7-8,11H,2,5-6,9-10H2,1H3,(H,18,20). The molecule has 20 heavy (non-hydrogen) atoms. The molecule has 4 heteroatoms. The summed E-state index contributed by atoms with van der Waals surface area (Å²) in [5, 5.41) is 4.93. The van der Waals surface area contributed by atoms with Crippen molar-refractivity contribution in [2.45, 2.75) is 26.2 Å². The van der Waals surface area contributed by atoms with Gasteiger partial charge in [-0.2, -0.15) is 0 Å². The van der Waals surface area contributed by atoms with Gasteiger partial charge in [-0.3, -0.25) is 9.78 Å². The van der Waals surface area contributed by atoms with Gasteiger partial charge in [0.25, 0.3) is 5.91 Å². The number of carbonyl (C=O) groups excluding carboxylic acids is 1. The number of amides is 1. The van der Waals surface area contributed by atoms with E-state index in [0.717, 1.165) is 47.7 Å². The van der Waals surface area contributed by atoms with E-state index < -0.39 is 0 Å². The first-order valence-corrected chi connectivity index (χ1v) is 8.05. The predicted molar refractivity (Wildman–Crippen MR) is 86.5 cm³/mol. The second-order valence-corrected chi connectivity index (χ2v) is 5.63. The summed E-state index contributed by atoms with van der Waals surface area (Å²) in [5.41, 5.74) is 2.46. The zero-order valence-corrected chi connectivity index (χ0v) is 13.2. The Bertz CT molecular complexity index is 598. The molecule has 2 rings (SSSR count). The van der Waals surface area contributed by atoms with Gasteiger partial charge in [0.2, 0.25) is 0 Å². The van der Waals surface area contributed by atoms with Crippen LogP contribution in [0.2, 0.25) is 0 Å². The summed E-state index contributed by atoms with van der Waals surface area (Å²) in [6.45, 7) is 2.64. The average molecular weight is 335 g/mol. The van der Waals surface area contributed by atoms with E-state index in [1.165, 1.54) is 0 Å². The third kappa shape index (κ3) is 3.79. The van der Waals surface area contributed by atoms with Crippen LogP contribution >= 0.6 is 15.9 Å². The van der Waals surface area contributed by atoms with E-state index in [4.69, 9.17) is 0 Å². The van der Waals surface area contributed by atoms with Gasteiger partial charge in [0, 0.05) is 23.0 Å². The Hall–Kier alpha value is -1.42. The van der Waals surface area contributed by atoms with Crippen LogP contribution in [0.5, 0.6) is 0 Å². The molecule has 0 atom stereocenters. The van der Waals surface area contributed by atoms with Crippen molar-refractivity contribution in [1.29, 1.82) is 0 Å². The fourth-order valence-corrected chi connectivity index (χ4v) is 2.59. The number of alkyl halides is 1. The summed E-state index contributed by atoms with van der Waals surface area (Å²) in [4.78, 5) is 16.7. The van der Waals surface area contributed by atoms with Crippen LogP contribution in [-0.2, 0) is 0 Å². The minimum atomic E-state index is -0.00876. The summed E-state index contributed by atoms with van der Waals surface area (Å²) in [5.74, 6) is -0.00876. The SMILES string of the molecule is Cc1cc(C(=O)NCCCCCBr)c2ccccc2n1. The van der Waals surface area contributed by atoms with Crippen LogP contribution in [0, 0.1) is 6.92 Å². The van der Waals surface area contributed by atoms with Gasteiger partial charge in [-0.05, 0) is 31.9 Å². The second kappa shape index (κ2) is 7.39. The summed E-state index contributed by atoms with van der Waals surface area (Å²) >= 11 is 3.41. The molecule has 1 aromatic carbocycles. The van der Waals surface area contributed by atoms with Crippen molar-refractivity contribution in [2.24, 2.45) is 0 Å². The van der Waals surface area contributed by atoms with Crippen molar-refractivity contribution < 1.29 is 4.79 Å². The maximum absolute atomic E-state index is 12.3. The van der Waals surface area contributed by atoms with E-state index in [1.54, 1.807) is 0 Å². The number of hydrogen-bond donors (Lipinski definition) is 1. The lowest BCUT2D eigenvalue weighted by Gasteiger charge is -2.09. The van der Waals surface area contributed by atoms with Crippen molar-refractivity contribution in [3.63, 3.8) is 0 Å². The van der Waals surface area contributed by atoms with Gasteiger partial charge in [-0.25, -0.2) is 0 Å². The molecule has 0 aliphatic heterocycles. The predicted octanol–water partition coefficient (Wildman–Crippen LogP) is 3.84. The van der Waals surface area contributed by atoms with Gasteiger partial charge in [-0.15, -0.1) is 0 Å². The molecule has 0 unspecified atom stereocenters. The number of nitrogens with zero attached hydrogens (tertiary/aromatic N) is 1. The number of unbranched alkanes of at least 4 members (excludes halogenated alkanes) is 2. The van der Waals surface area contributed by atoms with Gasteiger partial charge in [0.15, 0.2) is 0 Å². The molecule has 0 bridgehead atoms. The van der Waals surface area contributed by atoms with Crippen molar-refractivity contribution in [2.75, 3.05) is 11.9 Å². The zero-order chi connectivity index (χ0) is 14.4. The number of para-hydroxylation sites is 1. The molecule has 106 valence electrons. The van der Waals surface area contributed by atoms with Crippen LogP contribution in [0.4, 0.5) is 0 Å². The zero-order valence-electron chi connectivity index (χ0n) is 11.7. The Morgan fingerprint density at radius 3 is 2.85 bits per heavy atom. The first-order chi connectivity index (χ1) is 9.72. The van der Waals surface area contributed by atoms with E-state index in [2.05, 4.69) is 26.2 Å². The number of aryl methyl sites for hydroxylation is 1. The molecule has 0 aliphatic carbocycles. The lowest BCUT2D eigenvalue weighted by Crippen LogP contribution is -2.24. The summed E-state index contributed by atoms with van der Waals surface area (Å²) < 4.78 is 0. The van der Waals surface area contributed by atoms with Gasteiger partial charge in [0.1, 0.15) is 0 Å². The first kappa shape index (κ1) is 15.0. The summed E-state index contributed by atoms with van der Waals surface area (Å²) in [7, 11) is 0. The highest BCUT2D eigenvalue weighted by Crippen LogP contribution is 2.18. The fraction of sp³-hybridized carbons (Fsp3) is 0.375. The second-order valence-electron chi connectivity index (χ2n) is 4.83. The van der Waals surface area contributed by atoms with Gasteiger partial charge in [0.05, 0.1) is 11.1 Å². The number of carbonyl (C=O) groups is 1. The highest BCUT2D eigenvalue weighted by molar-refractivity contribution is 9.09. The molecule has 0 spiro atoms. The van der Waals surface area contributed by atoms with E-state index in [-0.39, 0.29) is 5.91 Å². The minimum Gasteiger partial charge on any atom is -0.352 e. The molecule has 0 radical (unpaired) electrons. The van der Waals surface area contributed by atoms with Gasteiger partial charge >= 0.3 is 0 Å². The normalized spacial score (nSPS) is 10.7. The van der Waals surface area contributed by atoms with Crippen LogP contribution in [0.25, 0.3) is 10.9 Å². The van der Waals surface area contributed by atoms with Crippen molar-refractivity contribution in [3.8, 4) is 0 Å². The topological polar surface area (TPSA) is 42.0 Å². The molecule has 1 N–H and O–H groups in total. The maximum Gasteiger partial charge on any atom is 0.252 e. The lowest BCUT2D eigenvalue weighted by atomic mass is 10.1. The number of benzene rings is 1. The Morgan fingerprint density at radius 1 is 1.25 bits per heavy atom. The third-order valence-corrected chi connectivity index (χ3v) is 3.75. The van der Waals surface area contributed by atoms with Crippen molar-refractivity contribution in [1.82, 2.24) is 10.3 Å². The molecule has 1 heterocycles. The van der Waals surface area contributed by atoms with Crippen LogP contribution in [0.1, 0.15) is 35.3 Å². The third-order valence-electron chi connectivity index (χ3n) is 3.18. The number of pyridine rings is 1. The molecular weight excluding hydrogens is 316 g/mol. The van der Waals surface area contributed by atoms with Crippen LogP contribution < -0.4 is 5.32 Å². The number of rotatable bonds is 6. The van der Waals surface area contributed by atoms with E-state index in [9.17, 15) is 4.79 Å². The van der Waals surface area contributed by atoms with Crippen LogP contribution in [-0.4, -0.2) is 22.8 Å². The summed E-state index contributed by atoms with van der Waals surface area (Å²) in [6, 6.07) is 9.62. The van der Waals surface area contributed by atoms with E-state index in [1.807, 2.05) is 37.3 Å². The van der Waals surface area contributed by atoms with E-state index in [0.29, 0.717) is 5.56 Å². The fourth-order valence-electron chi connectivity index (χ4n) is 2.19.